The molecule has 0 spiro atoms. The van der Waals surface area contributed by atoms with Crippen LogP contribution in [0.3, 0.4) is 0 Å². The molecule has 182 valence electrons. The van der Waals surface area contributed by atoms with Crippen molar-refractivity contribution in [3.05, 3.63) is 11.1 Å². The summed E-state index contributed by atoms with van der Waals surface area (Å²) in [7, 11) is 0. The molecule has 0 N–H and O–H groups in total. The van der Waals surface area contributed by atoms with Crippen LogP contribution in [0.5, 0.6) is 0 Å². The van der Waals surface area contributed by atoms with E-state index in [2.05, 4.69) is 50.0 Å². The van der Waals surface area contributed by atoms with Crippen molar-refractivity contribution >= 4 is 28.6 Å². The van der Waals surface area contributed by atoms with E-state index in [9.17, 15) is 0 Å². The van der Waals surface area contributed by atoms with Gasteiger partial charge in [0.2, 0.25) is 5.28 Å². The highest BCUT2D eigenvalue weighted by Crippen LogP contribution is 2.33. The predicted molar refractivity (Wildman–Crippen MR) is 129 cm³/mol. The largest absolute Gasteiger partial charge is 0.378 e. The SMILES string of the molecule is CC(C)(C)N1CCN(Cc2nc3c(N4CCOCC4)nc(Cl)nc3n2C2CCCCO2)CC1. The Bertz CT molecular complexity index is 956. The molecule has 3 fully saturated rings. The molecule has 2 aromatic rings. The lowest BCUT2D eigenvalue weighted by molar-refractivity contribution is -0.0329. The molecule has 3 aliphatic heterocycles. The van der Waals surface area contributed by atoms with Crippen molar-refractivity contribution < 1.29 is 9.47 Å². The molecule has 3 aliphatic rings. The number of piperazine rings is 1. The van der Waals surface area contributed by atoms with Crippen molar-refractivity contribution in [1.82, 2.24) is 29.3 Å². The fourth-order valence-corrected chi connectivity index (χ4v) is 5.25. The van der Waals surface area contributed by atoms with Gasteiger partial charge in [-0.05, 0) is 51.6 Å². The molecule has 0 amide bonds. The van der Waals surface area contributed by atoms with Crippen molar-refractivity contribution in [3.8, 4) is 0 Å². The Labute approximate surface area is 201 Å². The molecule has 10 heteroatoms. The minimum Gasteiger partial charge on any atom is -0.378 e. The quantitative estimate of drug-likeness (QED) is 0.622. The van der Waals surface area contributed by atoms with Gasteiger partial charge in [-0.25, -0.2) is 4.98 Å². The molecule has 0 aliphatic carbocycles. The summed E-state index contributed by atoms with van der Waals surface area (Å²) >= 11 is 6.44. The molecule has 2 aromatic heterocycles. The maximum Gasteiger partial charge on any atom is 0.226 e. The van der Waals surface area contributed by atoms with Crippen LogP contribution in [0.25, 0.3) is 11.2 Å². The Kier molecular flexibility index (Phi) is 6.77. The van der Waals surface area contributed by atoms with Gasteiger partial charge >= 0.3 is 0 Å². The van der Waals surface area contributed by atoms with Gasteiger partial charge in [-0.3, -0.25) is 14.4 Å². The van der Waals surface area contributed by atoms with Crippen LogP contribution in [0.15, 0.2) is 0 Å². The van der Waals surface area contributed by atoms with Crippen LogP contribution in [0.2, 0.25) is 5.28 Å². The lowest BCUT2D eigenvalue weighted by Gasteiger charge is -2.42. The number of ether oxygens (including phenoxy) is 2. The summed E-state index contributed by atoms with van der Waals surface area (Å²) in [5.41, 5.74) is 1.81. The molecular formula is C23H36ClN7O2. The topological polar surface area (TPSA) is 71.8 Å². The van der Waals surface area contributed by atoms with Crippen LogP contribution in [0.4, 0.5) is 5.82 Å². The molecule has 0 saturated carbocycles. The van der Waals surface area contributed by atoms with E-state index in [0.717, 1.165) is 94.5 Å². The fourth-order valence-electron chi connectivity index (χ4n) is 5.09. The Morgan fingerprint density at radius 3 is 2.36 bits per heavy atom. The summed E-state index contributed by atoms with van der Waals surface area (Å²) in [5, 5.41) is 0.256. The normalized spacial score (nSPS) is 24.0. The molecule has 5 rings (SSSR count). The second-order valence-corrected chi connectivity index (χ2v) is 10.6. The molecule has 0 aromatic carbocycles. The Balaban J connectivity index is 1.49. The van der Waals surface area contributed by atoms with Crippen molar-refractivity contribution in [1.29, 1.82) is 0 Å². The monoisotopic (exact) mass is 477 g/mol. The predicted octanol–water partition coefficient (Wildman–Crippen LogP) is 2.93. The standard InChI is InChI=1S/C23H36ClN7O2/c1-23(2,3)30-9-7-28(8-10-30)16-17-25-19-20(29-11-14-32-15-12-29)26-22(24)27-21(19)31(17)18-6-4-5-13-33-18/h18H,4-16H2,1-3H3. The van der Waals surface area contributed by atoms with Crippen molar-refractivity contribution in [2.75, 3.05) is 64.0 Å². The van der Waals surface area contributed by atoms with Gasteiger partial charge in [0.1, 0.15) is 12.1 Å². The summed E-state index contributed by atoms with van der Waals surface area (Å²) < 4.78 is 13.9. The smallest absolute Gasteiger partial charge is 0.226 e. The zero-order chi connectivity index (χ0) is 23.0. The number of imidazole rings is 1. The van der Waals surface area contributed by atoms with Gasteiger partial charge in [-0.15, -0.1) is 0 Å². The van der Waals surface area contributed by atoms with Crippen molar-refractivity contribution in [3.63, 3.8) is 0 Å². The number of fused-ring (bicyclic) bond motifs is 1. The number of nitrogens with zero attached hydrogens (tertiary/aromatic N) is 7. The van der Waals surface area contributed by atoms with E-state index >= 15 is 0 Å². The van der Waals surface area contributed by atoms with Crippen LogP contribution in [-0.4, -0.2) is 93.9 Å². The number of halogens is 1. The third kappa shape index (κ3) is 4.98. The van der Waals surface area contributed by atoms with Crippen LogP contribution in [0, 0.1) is 0 Å². The lowest BCUT2D eigenvalue weighted by atomic mass is 10.1. The first-order valence-corrected chi connectivity index (χ1v) is 12.6. The minimum absolute atomic E-state index is 0.0573. The van der Waals surface area contributed by atoms with E-state index in [4.69, 9.17) is 26.1 Å². The number of morpholine rings is 1. The second kappa shape index (κ2) is 9.62. The Morgan fingerprint density at radius 2 is 1.70 bits per heavy atom. The molecule has 5 heterocycles. The number of rotatable bonds is 4. The number of aromatic nitrogens is 4. The molecular weight excluding hydrogens is 442 g/mol. The van der Waals surface area contributed by atoms with Crippen molar-refractivity contribution in [2.24, 2.45) is 0 Å². The van der Waals surface area contributed by atoms with E-state index < -0.39 is 0 Å². The highest BCUT2D eigenvalue weighted by Gasteiger charge is 2.30. The number of hydrogen-bond acceptors (Lipinski definition) is 8. The highest BCUT2D eigenvalue weighted by atomic mass is 35.5. The first-order valence-electron chi connectivity index (χ1n) is 12.3. The fraction of sp³-hybridized carbons (Fsp3) is 0.783. The summed E-state index contributed by atoms with van der Waals surface area (Å²) in [6.07, 6.45) is 3.15. The van der Waals surface area contributed by atoms with Gasteiger partial charge in [-0.2, -0.15) is 9.97 Å². The van der Waals surface area contributed by atoms with E-state index in [-0.39, 0.29) is 17.1 Å². The zero-order valence-corrected chi connectivity index (χ0v) is 20.9. The van der Waals surface area contributed by atoms with E-state index in [1.807, 2.05) is 0 Å². The molecule has 0 bridgehead atoms. The summed E-state index contributed by atoms with van der Waals surface area (Å²) in [4.78, 5) is 21.6. The van der Waals surface area contributed by atoms with Gasteiger partial charge in [0.15, 0.2) is 17.0 Å². The van der Waals surface area contributed by atoms with Gasteiger partial charge < -0.3 is 14.4 Å². The van der Waals surface area contributed by atoms with Crippen LogP contribution in [0.1, 0.15) is 52.1 Å². The van der Waals surface area contributed by atoms with Gasteiger partial charge in [0.05, 0.1) is 19.8 Å². The van der Waals surface area contributed by atoms with Crippen molar-refractivity contribution in [2.45, 2.75) is 58.3 Å². The molecule has 33 heavy (non-hydrogen) atoms. The second-order valence-electron chi connectivity index (χ2n) is 10.2. The highest BCUT2D eigenvalue weighted by molar-refractivity contribution is 6.28. The molecule has 9 nitrogen and oxygen atoms in total. The average Bonchev–Trinajstić information content (AvgIpc) is 3.17. The molecule has 3 saturated heterocycles. The Morgan fingerprint density at radius 1 is 0.939 bits per heavy atom. The number of hydrogen-bond donors (Lipinski definition) is 0. The summed E-state index contributed by atoms with van der Waals surface area (Å²) in [5.74, 6) is 1.80. The third-order valence-corrected chi connectivity index (χ3v) is 7.18. The van der Waals surface area contributed by atoms with Gasteiger partial charge in [0.25, 0.3) is 0 Å². The van der Waals surface area contributed by atoms with Crippen LogP contribution < -0.4 is 4.90 Å². The van der Waals surface area contributed by atoms with Crippen LogP contribution in [-0.2, 0) is 16.0 Å². The number of anilines is 1. The third-order valence-electron chi connectivity index (χ3n) is 7.01. The maximum absolute atomic E-state index is 6.44. The first kappa shape index (κ1) is 23.2. The molecule has 1 atom stereocenters. The van der Waals surface area contributed by atoms with E-state index in [0.29, 0.717) is 13.2 Å². The molecule has 0 radical (unpaired) electrons. The minimum atomic E-state index is -0.0573. The lowest BCUT2D eigenvalue weighted by Crippen LogP contribution is -2.53. The first-order chi connectivity index (χ1) is 15.9. The van der Waals surface area contributed by atoms with Gasteiger partial charge in [0, 0.05) is 51.4 Å². The molecule has 1 unspecified atom stereocenters. The van der Waals surface area contributed by atoms with Crippen LogP contribution >= 0.6 is 11.6 Å². The zero-order valence-electron chi connectivity index (χ0n) is 20.1. The summed E-state index contributed by atoms with van der Waals surface area (Å²) in [6, 6.07) is 0. The Hall–Kier alpha value is -1.52. The maximum atomic E-state index is 6.44. The average molecular weight is 478 g/mol. The summed E-state index contributed by atoms with van der Waals surface area (Å²) in [6.45, 7) is 15.5. The van der Waals surface area contributed by atoms with Gasteiger partial charge in [-0.1, -0.05) is 0 Å². The van der Waals surface area contributed by atoms with E-state index in [1.165, 1.54) is 0 Å². The van der Waals surface area contributed by atoms with E-state index in [1.54, 1.807) is 0 Å².